The van der Waals surface area contributed by atoms with Crippen LogP contribution in [0.3, 0.4) is 0 Å². The Kier molecular flexibility index (Phi) is 2.75. The molecule has 1 heterocycles. The van der Waals surface area contributed by atoms with Gasteiger partial charge in [0.25, 0.3) is 11.8 Å². The molecule has 1 atom stereocenters. The van der Waals surface area contributed by atoms with Crippen molar-refractivity contribution in [1.82, 2.24) is 5.32 Å². The lowest BCUT2D eigenvalue weighted by atomic mass is 9.97. The highest BCUT2D eigenvalue weighted by molar-refractivity contribution is 6.22. The van der Waals surface area contributed by atoms with Gasteiger partial charge in [0.1, 0.15) is 0 Å². The number of methoxy groups -OCH3 is 1. The van der Waals surface area contributed by atoms with E-state index >= 15 is 0 Å². The van der Waals surface area contributed by atoms with Gasteiger partial charge in [-0.1, -0.05) is 19.1 Å². The Hall–Kier alpha value is -1.68. The van der Waals surface area contributed by atoms with Gasteiger partial charge >= 0.3 is 0 Å². The molecule has 0 bridgehead atoms. The molecule has 0 radical (unpaired) electrons. The Labute approximate surface area is 93.6 Å². The van der Waals surface area contributed by atoms with E-state index in [4.69, 9.17) is 4.74 Å². The molecular formula is C12H13NO3. The van der Waals surface area contributed by atoms with Crippen molar-refractivity contribution in [2.45, 2.75) is 19.4 Å². The van der Waals surface area contributed by atoms with Crippen LogP contribution in [0, 0.1) is 0 Å². The predicted molar refractivity (Wildman–Crippen MR) is 58.3 cm³/mol. The van der Waals surface area contributed by atoms with Gasteiger partial charge < -0.3 is 4.74 Å². The molecule has 1 N–H and O–H groups in total. The van der Waals surface area contributed by atoms with Crippen molar-refractivity contribution in [2.75, 3.05) is 7.11 Å². The van der Waals surface area contributed by atoms with Gasteiger partial charge in [0.2, 0.25) is 0 Å². The van der Waals surface area contributed by atoms with E-state index in [2.05, 4.69) is 5.32 Å². The molecule has 0 saturated carbocycles. The van der Waals surface area contributed by atoms with Gasteiger partial charge in [-0.2, -0.15) is 0 Å². The molecule has 1 aromatic carbocycles. The van der Waals surface area contributed by atoms with Gasteiger partial charge in [-0.3, -0.25) is 14.9 Å². The van der Waals surface area contributed by atoms with Gasteiger partial charge in [0.15, 0.2) is 0 Å². The second-order valence-electron chi connectivity index (χ2n) is 3.69. The second-order valence-corrected chi connectivity index (χ2v) is 3.69. The zero-order valence-corrected chi connectivity index (χ0v) is 9.24. The average molecular weight is 219 g/mol. The summed E-state index contributed by atoms with van der Waals surface area (Å²) in [6, 6.07) is 5.25. The normalized spacial score (nSPS) is 15.9. The molecule has 0 spiro atoms. The number of carbonyl (C=O) groups is 2. The minimum absolute atomic E-state index is 0.147. The first kappa shape index (κ1) is 10.8. The summed E-state index contributed by atoms with van der Waals surface area (Å²) in [5.41, 5.74) is 1.69. The van der Waals surface area contributed by atoms with Crippen LogP contribution in [0.5, 0.6) is 0 Å². The molecule has 16 heavy (non-hydrogen) atoms. The summed E-state index contributed by atoms with van der Waals surface area (Å²) in [5, 5.41) is 2.29. The third-order valence-electron chi connectivity index (χ3n) is 2.80. The molecule has 0 aliphatic carbocycles. The summed E-state index contributed by atoms with van der Waals surface area (Å²) < 4.78 is 5.30. The minimum atomic E-state index is -0.328. The van der Waals surface area contributed by atoms with Gasteiger partial charge in [-0.05, 0) is 18.1 Å². The lowest BCUT2D eigenvalue weighted by Crippen LogP contribution is -2.20. The molecule has 1 aliphatic rings. The van der Waals surface area contributed by atoms with E-state index in [1.165, 1.54) is 0 Å². The van der Waals surface area contributed by atoms with Gasteiger partial charge in [0.05, 0.1) is 17.2 Å². The second kappa shape index (κ2) is 4.06. The van der Waals surface area contributed by atoms with Crippen LogP contribution in [0.1, 0.15) is 45.7 Å². The van der Waals surface area contributed by atoms with Crippen molar-refractivity contribution in [2.24, 2.45) is 0 Å². The molecule has 0 aromatic heterocycles. The summed E-state index contributed by atoms with van der Waals surface area (Å²) in [5.74, 6) is -0.654. The fourth-order valence-electron chi connectivity index (χ4n) is 2.03. The molecule has 0 saturated heterocycles. The van der Waals surface area contributed by atoms with Crippen molar-refractivity contribution in [3.05, 3.63) is 34.9 Å². The third kappa shape index (κ3) is 1.51. The van der Waals surface area contributed by atoms with Gasteiger partial charge in [-0.25, -0.2) is 0 Å². The van der Waals surface area contributed by atoms with Crippen LogP contribution in [0.25, 0.3) is 0 Å². The highest BCUT2D eigenvalue weighted by atomic mass is 16.5. The number of rotatable bonds is 3. The smallest absolute Gasteiger partial charge is 0.259 e. The van der Waals surface area contributed by atoms with Crippen molar-refractivity contribution in [3.63, 3.8) is 0 Å². The van der Waals surface area contributed by atoms with Crippen LogP contribution < -0.4 is 5.32 Å². The predicted octanol–water partition coefficient (Wildman–Crippen LogP) is 1.67. The van der Waals surface area contributed by atoms with E-state index in [-0.39, 0.29) is 17.9 Å². The van der Waals surface area contributed by atoms with Crippen molar-refractivity contribution < 1.29 is 14.3 Å². The average Bonchev–Trinajstić information content (AvgIpc) is 2.57. The van der Waals surface area contributed by atoms with Crippen LogP contribution >= 0.6 is 0 Å². The lowest BCUT2D eigenvalue weighted by molar-refractivity contribution is 0.0865. The molecule has 1 aliphatic heterocycles. The summed E-state index contributed by atoms with van der Waals surface area (Å²) in [7, 11) is 1.60. The molecule has 2 rings (SSSR count). The maximum absolute atomic E-state index is 11.6. The van der Waals surface area contributed by atoms with Crippen molar-refractivity contribution >= 4 is 11.8 Å². The minimum Gasteiger partial charge on any atom is -0.377 e. The van der Waals surface area contributed by atoms with Crippen LogP contribution in [-0.2, 0) is 4.74 Å². The van der Waals surface area contributed by atoms with E-state index < -0.39 is 0 Å². The Morgan fingerprint density at radius 2 is 2.06 bits per heavy atom. The first-order valence-corrected chi connectivity index (χ1v) is 5.20. The summed E-state index contributed by atoms with van der Waals surface area (Å²) in [4.78, 5) is 23.1. The van der Waals surface area contributed by atoms with Crippen molar-refractivity contribution in [1.29, 1.82) is 0 Å². The molecule has 84 valence electrons. The zero-order chi connectivity index (χ0) is 11.7. The zero-order valence-electron chi connectivity index (χ0n) is 9.24. The maximum Gasteiger partial charge on any atom is 0.259 e. The first-order chi connectivity index (χ1) is 7.69. The Morgan fingerprint density at radius 1 is 1.31 bits per heavy atom. The maximum atomic E-state index is 11.6. The van der Waals surface area contributed by atoms with E-state index in [0.29, 0.717) is 11.1 Å². The highest BCUT2D eigenvalue weighted by Crippen LogP contribution is 2.28. The number of benzene rings is 1. The molecule has 2 amide bonds. The number of imide groups is 1. The number of hydrogen-bond acceptors (Lipinski definition) is 3. The van der Waals surface area contributed by atoms with Crippen LogP contribution in [0.15, 0.2) is 18.2 Å². The monoisotopic (exact) mass is 219 g/mol. The van der Waals surface area contributed by atoms with Crippen molar-refractivity contribution in [3.8, 4) is 0 Å². The highest BCUT2D eigenvalue weighted by Gasteiger charge is 2.31. The summed E-state index contributed by atoms with van der Waals surface area (Å²) in [6.45, 7) is 1.97. The number of fused-ring (bicyclic) bond motifs is 1. The Bertz CT molecular complexity index is 450. The van der Waals surface area contributed by atoms with Gasteiger partial charge in [0, 0.05) is 7.11 Å². The van der Waals surface area contributed by atoms with Crippen LogP contribution in [-0.4, -0.2) is 18.9 Å². The van der Waals surface area contributed by atoms with Crippen LogP contribution in [0.2, 0.25) is 0 Å². The topological polar surface area (TPSA) is 55.4 Å². The number of carbonyl (C=O) groups excluding carboxylic acids is 2. The molecule has 0 fully saturated rings. The van der Waals surface area contributed by atoms with E-state index in [9.17, 15) is 9.59 Å². The number of hydrogen-bond donors (Lipinski definition) is 1. The van der Waals surface area contributed by atoms with E-state index in [1.54, 1.807) is 19.2 Å². The third-order valence-corrected chi connectivity index (χ3v) is 2.80. The fourth-order valence-corrected chi connectivity index (χ4v) is 2.03. The standard InChI is InChI=1S/C12H13NO3/c1-3-9(16-2)7-5-4-6-8-10(7)12(15)13-11(8)14/h4-6,9H,3H2,1-2H3,(H,13,14,15). The summed E-state index contributed by atoms with van der Waals surface area (Å²) >= 11 is 0. The van der Waals surface area contributed by atoms with E-state index in [0.717, 1.165) is 12.0 Å². The number of ether oxygens (including phenoxy) is 1. The largest absolute Gasteiger partial charge is 0.377 e. The lowest BCUT2D eigenvalue weighted by Gasteiger charge is -2.15. The summed E-state index contributed by atoms with van der Waals surface area (Å²) in [6.07, 6.45) is 0.612. The Morgan fingerprint density at radius 3 is 2.69 bits per heavy atom. The van der Waals surface area contributed by atoms with Crippen LogP contribution in [0.4, 0.5) is 0 Å². The molecule has 4 nitrogen and oxygen atoms in total. The number of amides is 2. The fraction of sp³-hybridized carbons (Fsp3) is 0.333. The Balaban J connectivity index is 2.57. The molecule has 1 aromatic rings. The molecule has 4 heteroatoms. The quantitative estimate of drug-likeness (QED) is 0.787. The number of nitrogens with one attached hydrogen (secondary N) is 1. The van der Waals surface area contributed by atoms with Gasteiger partial charge in [-0.15, -0.1) is 0 Å². The molecular weight excluding hydrogens is 206 g/mol. The molecule has 1 unspecified atom stereocenters. The SMILES string of the molecule is CCC(OC)c1cccc2c1C(=O)NC2=O. The first-order valence-electron chi connectivity index (χ1n) is 5.20. The van der Waals surface area contributed by atoms with E-state index in [1.807, 2.05) is 13.0 Å².